The first-order valence-corrected chi connectivity index (χ1v) is 15.9. The SMILES string of the molecule is CC(C)C[C@H](CC(=O)[C@@H](NC(=O)OC1CCOC1)C(C)C)C(=O)N[C@@H](CC1CCNC1=O)C(=O)c1nc2ccccc2s1. The van der Waals surface area contributed by atoms with Gasteiger partial charge in [0.2, 0.25) is 17.6 Å². The molecule has 3 amide bonds. The van der Waals surface area contributed by atoms with Crippen LogP contribution >= 0.6 is 11.3 Å². The minimum atomic E-state index is -0.977. The number of hydrogen-bond donors (Lipinski definition) is 3. The minimum Gasteiger partial charge on any atom is -0.444 e. The molecule has 12 heteroatoms. The molecule has 2 aliphatic rings. The van der Waals surface area contributed by atoms with E-state index in [4.69, 9.17) is 9.47 Å². The van der Waals surface area contributed by atoms with Gasteiger partial charge in [0, 0.05) is 31.2 Å². The third-order valence-electron chi connectivity index (χ3n) is 7.84. The van der Waals surface area contributed by atoms with Crippen LogP contribution in [0.25, 0.3) is 10.2 Å². The number of nitrogens with zero attached hydrogens (tertiary/aromatic N) is 1. The fourth-order valence-electron chi connectivity index (χ4n) is 5.56. The summed E-state index contributed by atoms with van der Waals surface area (Å²) in [5.41, 5.74) is 0.689. The van der Waals surface area contributed by atoms with Crippen molar-refractivity contribution in [1.82, 2.24) is 20.9 Å². The topological polar surface area (TPSA) is 153 Å². The number of rotatable bonds is 14. The molecule has 11 nitrogen and oxygen atoms in total. The lowest BCUT2D eigenvalue weighted by Crippen LogP contribution is -2.48. The van der Waals surface area contributed by atoms with Gasteiger partial charge in [0.1, 0.15) is 6.10 Å². The van der Waals surface area contributed by atoms with Crippen molar-refractivity contribution >= 4 is 51.0 Å². The van der Waals surface area contributed by atoms with Crippen molar-refractivity contribution in [2.24, 2.45) is 23.7 Å². The van der Waals surface area contributed by atoms with Crippen molar-refractivity contribution in [3.8, 4) is 0 Å². The maximum atomic E-state index is 13.8. The number of carbonyl (C=O) groups excluding carboxylic acids is 5. The van der Waals surface area contributed by atoms with E-state index in [0.717, 1.165) is 4.70 Å². The standard InChI is InChI=1S/C31H42N4O7S/c1-17(2)13-20(15-24(36)26(18(3)4)35-31(40)42-21-10-12-41-16-21)29(39)33-23(14-19-9-11-32-28(19)38)27(37)30-34-22-7-5-6-8-25(22)43-30/h5-8,17-21,23,26H,9-16H2,1-4H3,(H,32,38)(H,33,39)(H,35,40)/t19?,20-,21?,23+,26+/m1/s1. The van der Waals surface area contributed by atoms with Gasteiger partial charge < -0.3 is 25.4 Å². The summed E-state index contributed by atoms with van der Waals surface area (Å²) in [6.45, 7) is 8.90. The number of ketones is 2. The minimum absolute atomic E-state index is 0.0837. The van der Waals surface area contributed by atoms with Crippen LogP contribution in [0.15, 0.2) is 24.3 Å². The van der Waals surface area contributed by atoms with E-state index in [0.29, 0.717) is 44.5 Å². The number of aromatic nitrogens is 1. The zero-order valence-corrected chi connectivity index (χ0v) is 26.0. The average molecular weight is 615 g/mol. The normalized spacial score (nSPS) is 20.6. The van der Waals surface area contributed by atoms with Gasteiger partial charge in [-0.15, -0.1) is 11.3 Å². The molecule has 2 fully saturated rings. The van der Waals surface area contributed by atoms with Crippen LogP contribution in [0.3, 0.4) is 0 Å². The molecule has 1 aromatic heterocycles. The molecule has 2 unspecified atom stereocenters. The maximum Gasteiger partial charge on any atom is 0.408 e. The van der Waals surface area contributed by atoms with Crippen LogP contribution in [-0.2, 0) is 23.9 Å². The van der Waals surface area contributed by atoms with Gasteiger partial charge in [-0.2, -0.15) is 0 Å². The lowest BCUT2D eigenvalue weighted by molar-refractivity contribution is -0.131. The van der Waals surface area contributed by atoms with Gasteiger partial charge in [0.25, 0.3) is 0 Å². The van der Waals surface area contributed by atoms with Gasteiger partial charge >= 0.3 is 6.09 Å². The van der Waals surface area contributed by atoms with Crippen LogP contribution in [0.4, 0.5) is 4.79 Å². The summed E-state index contributed by atoms with van der Waals surface area (Å²) in [7, 11) is 0. The Morgan fingerprint density at radius 3 is 2.51 bits per heavy atom. The highest BCUT2D eigenvalue weighted by molar-refractivity contribution is 7.20. The molecule has 0 saturated carbocycles. The average Bonchev–Trinajstić information content (AvgIpc) is 3.71. The summed E-state index contributed by atoms with van der Waals surface area (Å²) in [5, 5.41) is 8.63. The first kappa shape index (κ1) is 32.5. The predicted molar refractivity (Wildman–Crippen MR) is 162 cm³/mol. The van der Waals surface area contributed by atoms with Crippen molar-refractivity contribution in [1.29, 1.82) is 0 Å². The summed E-state index contributed by atoms with van der Waals surface area (Å²) in [6, 6.07) is 5.58. The van der Waals surface area contributed by atoms with Gasteiger partial charge in [-0.05, 0) is 43.2 Å². The van der Waals surface area contributed by atoms with Crippen LogP contribution in [-0.4, -0.2) is 72.4 Å². The Bertz CT molecular complexity index is 1290. The molecular formula is C31H42N4O7S. The molecule has 0 radical (unpaired) electrons. The van der Waals surface area contributed by atoms with Gasteiger partial charge in [-0.3, -0.25) is 19.2 Å². The number of Topliss-reactive ketones (excluding diaryl/α,β-unsaturated/α-hetero) is 2. The lowest BCUT2D eigenvalue weighted by atomic mass is 9.86. The van der Waals surface area contributed by atoms with Crippen molar-refractivity contribution in [3.05, 3.63) is 29.3 Å². The van der Waals surface area contributed by atoms with Gasteiger partial charge in [0.05, 0.1) is 35.5 Å². The van der Waals surface area contributed by atoms with Crippen molar-refractivity contribution in [2.45, 2.75) is 78.0 Å². The molecule has 3 heterocycles. The van der Waals surface area contributed by atoms with Crippen molar-refractivity contribution in [2.75, 3.05) is 19.8 Å². The molecule has 3 N–H and O–H groups in total. The molecule has 5 atom stereocenters. The molecular weight excluding hydrogens is 572 g/mol. The lowest BCUT2D eigenvalue weighted by Gasteiger charge is -2.26. The van der Waals surface area contributed by atoms with Crippen molar-refractivity contribution in [3.63, 3.8) is 0 Å². The third kappa shape index (κ3) is 8.82. The van der Waals surface area contributed by atoms with Crippen LogP contribution in [0.5, 0.6) is 0 Å². The number of fused-ring (bicyclic) bond motifs is 1. The molecule has 0 bridgehead atoms. The number of hydrogen-bond acceptors (Lipinski definition) is 9. The molecule has 1 aromatic carbocycles. The number of nitrogens with one attached hydrogen (secondary N) is 3. The van der Waals surface area contributed by atoms with Crippen LogP contribution in [0.1, 0.15) is 69.6 Å². The smallest absolute Gasteiger partial charge is 0.408 e. The number of ether oxygens (including phenoxy) is 2. The second kappa shape index (κ2) is 14.9. The van der Waals surface area contributed by atoms with E-state index in [2.05, 4.69) is 20.9 Å². The molecule has 2 saturated heterocycles. The van der Waals surface area contributed by atoms with E-state index < -0.39 is 35.9 Å². The van der Waals surface area contributed by atoms with E-state index in [-0.39, 0.29) is 53.3 Å². The van der Waals surface area contributed by atoms with E-state index in [1.165, 1.54) is 11.3 Å². The number of para-hydroxylation sites is 1. The summed E-state index contributed by atoms with van der Waals surface area (Å²) < 4.78 is 11.5. The molecule has 2 aliphatic heterocycles. The zero-order valence-electron chi connectivity index (χ0n) is 25.2. The summed E-state index contributed by atoms with van der Waals surface area (Å²) >= 11 is 1.25. The Morgan fingerprint density at radius 1 is 1.12 bits per heavy atom. The summed E-state index contributed by atoms with van der Waals surface area (Å²) in [5.74, 6) is -2.54. The Labute approximate surface area is 255 Å². The first-order chi connectivity index (χ1) is 20.5. The second-order valence-electron chi connectivity index (χ2n) is 12.2. The van der Waals surface area contributed by atoms with Crippen LogP contribution < -0.4 is 16.0 Å². The highest BCUT2D eigenvalue weighted by Crippen LogP contribution is 2.26. The second-order valence-corrected chi connectivity index (χ2v) is 13.2. The van der Waals surface area contributed by atoms with E-state index in [9.17, 15) is 24.0 Å². The predicted octanol–water partition coefficient (Wildman–Crippen LogP) is 3.65. The van der Waals surface area contributed by atoms with E-state index >= 15 is 0 Å². The number of thiazole rings is 1. The van der Waals surface area contributed by atoms with Crippen LogP contribution in [0, 0.1) is 23.7 Å². The first-order valence-electron chi connectivity index (χ1n) is 15.1. The van der Waals surface area contributed by atoms with Gasteiger partial charge in [-0.25, -0.2) is 9.78 Å². The summed E-state index contributed by atoms with van der Waals surface area (Å²) in [4.78, 5) is 70.5. The fourth-order valence-corrected chi connectivity index (χ4v) is 6.52. The largest absolute Gasteiger partial charge is 0.444 e. The van der Waals surface area contributed by atoms with Crippen molar-refractivity contribution < 1.29 is 33.4 Å². The van der Waals surface area contributed by atoms with E-state index in [1.54, 1.807) is 0 Å². The maximum absolute atomic E-state index is 13.8. The third-order valence-corrected chi connectivity index (χ3v) is 8.89. The molecule has 43 heavy (non-hydrogen) atoms. The van der Waals surface area contributed by atoms with E-state index in [1.807, 2.05) is 52.0 Å². The number of carbonyl (C=O) groups is 5. The Morgan fingerprint density at radius 2 is 1.88 bits per heavy atom. The molecule has 234 valence electrons. The quantitative estimate of drug-likeness (QED) is 0.273. The molecule has 0 aliphatic carbocycles. The number of alkyl carbamates (subject to hydrolysis) is 1. The Kier molecular flexibility index (Phi) is 11.3. The highest BCUT2D eigenvalue weighted by Gasteiger charge is 2.36. The monoisotopic (exact) mass is 614 g/mol. The zero-order chi connectivity index (χ0) is 31.1. The Balaban J connectivity index is 1.49. The van der Waals surface area contributed by atoms with Gasteiger partial charge in [-0.1, -0.05) is 39.8 Å². The summed E-state index contributed by atoms with van der Waals surface area (Å²) in [6.07, 6.45) is 0.546. The Hall–Kier alpha value is -3.38. The molecule has 2 aromatic rings. The number of amides is 3. The number of benzene rings is 1. The van der Waals surface area contributed by atoms with Gasteiger partial charge in [0.15, 0.2) is 10.8 Å². The molecule has 0 spiro atoms. The highest BCUT2D eigenvalue weighted by atomic mass is 32.1. The van der Waals surface area contributed by atoms with Crippen LogP contribution in [0.2, 0.25) is 0 Å². The fraction of sp³-hybridized carbons (Fsp3) is 0.613. The molecule has 4 rings (SSSR count).